The summed E-state index contributed by atoms with van der Waals surface area (Å²) in [5.41, 5.74) is 11.4. The van der Waals surface area contributed by atoms with Gasteiger partial charge >= 0.3 is 5.97 Å². The summed E-state index contributed by atoms with van der Waals surface area (Å²) in [6.07, 6.45) is 0. The highest BCUT2D eigenvalue weighted by Gasteiger charge is 2.20. The van der Waals surface area contributed by atoms with Crippen LogP contribution in [0.3, 0.4) is 0 Å². The first-order valence-corrected chi connectivity index (χ1v) is 6.87. The van der Waals surface area contributed by atoms with Gasteiger partial charge in [-0.2, -0.15) is 0 Å². The van der Waals surface area contributed by atoms with Crippen molar-refractivity contribution in [1.29, 1.82) is 0 Å². The molecule has 1 rings (SSSR count). The molecule has 1 aromatic rings. The highest BCUT2D eigenvalue weighted by molar-refractivity contribution is 6.36. The fraction of sp³-hybridized carbons (Fsp3) is 0.214. The summed E-state index contributed by atoms with van der Waals surface area (Å²) in [6.45, 7) is 0.973. The van der Waals surface area contributed by atoms with Crippen LogP contribution in [0.2, 0.25) is 10.0 Å². The summed E-state index contributed by atoms with van der Waals surface area (Å²) in [4.78, 5) is 27.6. The first kappa shape index (κ1) is 18.0. The molecule has 0 amide bonds. The number of amidine groups is 1. The van der Waals surface area contributed by atoms with Crippen LogP contribution >= 0.6 is 23.2 Å². The number of Topliss-reactive ketones (excluding diaryl/α,β-unsaturated/α-hetero) is 1. The highest BCUT2D eigenvalue weighted by atomic mass is 35.5. The number of hydrogen-bond acceptors (Lipinski definition) is 5. The van der Waals surface area contributed by atoms with Crippen molar-refractivity contribution in [2.24, 2.45) is 16.5 Å². The summed E-state index contributed by atoms with van der Waals surface area (Å²) in [7, 11) is 1.41. The minimum absolute atomic E-state index is 0.0676. The minimum atomic E-state index is -0.832. The van der Waals surface area contributed by atoms with Crippen LogP contribution in [0.4, 0.5) is 0 Å². The van der Waals surface area contributed by atoms with E-state index < -0.39 is 18.4 Å². The quantitative estimate of drug-likeness (QED) is 0.279. The number of esters is 1. The Hall–Kier alpha value is -2.05. The molecule has 0 saturated carbocycles. The van der Waals surface area contributed by atoms with Crippen molar-refractivity contribution >= 4 is 40.8 Å². The maximum absolute atomic E-state index is 12.0. The Morgan fingerprint density at radius 2 is 1.91 bits per heavy atom. The van der Waals surface area contributed by atoms with E-state index in [4.69, 9.17) is 39.4 Å². The third-order valence-electron chi connectivity index (χ3n) is 2.66. The van der Waals surface area contributed by atoms with Crippen molar-refractivity contribution in [3.8, 4) is 0 Å². The first-order valence-electron chi connectivity index (χ1n) is 6.12. The molecule has 0 radical (unpaired) electrons. The maximum atomic E-state index is 12.0. The molecule has 0 aliphatic carbocycles. The van der Waals surface area contributed by atoms with Gasteiger partial charge in [0.2, 0.25) is 5.78 Å². The zero-order valence-corrected chi connectivity index (χ0v) is 13.5. The van der Waals surface area contributed by atoms with Crippen LogP contribution in [0, 0.1) is 0 Å². The molecule has 0 atom stereocenters. The lowest BCUT2D eigenvalue weighted by Crippen LogP contribution is -2.27. The minimum Gasteiger partial charge on any atom is -0.454 e. The zero-order chi connectivity index (χ0) is 16.9. The number of ketones is 1. The number of aliphatic imine (C=N–C) groups is 1. The van der Waals surface area contributed by atoms with Crippen LogP contribution in [-0.2, 0) is 9.53 Å². The van der Waals surface area contributed by atoms with Gasteiger partial charge in [0.05, 0.1) is 5.02 Å². The molecule has 118 valence electrons. The van der Waals surface area contributed by atoms with Crippen molar-refractivity contribution in [2.75, 3.05) is 13.7 Å². The van der Waals surface area contributed by atoms with Crippen LogP contribution in [0.25, 0.3) is 0 Å². The molecule has 4 N–H and O–H groups in total. The third-order valence-corrected chi connectivity index (χ3v) is 3.21. The summed E-state index contributed by atoms with van der Waals surface area (Å²) in [5.74, 6) is -1.38. The number of rotatable bonds is 5. The zero-order valence-electron chi connectivity index (χ0n) is 12.0. The number of allylic oxidation sites excluding steroid dienone is 1. The molecular weight excluding hydrogens is 329 g/mol. The Balaban J connectivity index is 2.83. The van der Waals surface area contributed by atoms with E-state index in [9.17, 15) is 9.59 Å². The van der Waals surface area contributed by atoms with E-state index in [0.717, 1.165) is 0 Å². The molecule has 0 heterocycles. The average Bonchev–Trinajstić information content (AvgIpc) is 2.44. The van der Waals surface area contributed by atoms with E-state index in [-0.39, 0.29) is 27.7 Å². The van der Waals surface area contributed by atoms with Crippen LogP contribution in [-0.4, -0.2) is 31.2 Å². The molecule has 22 heavy (non-hydrogen) atoms. The number of hydrogen-bond donors (Lipinski definition) is 2. The third kappa shape index (κ3) is 4.47. The van der Waals surface area contributed by atoms with E-state index in [1.165, 1.54) is 32.2 Å². The Kier molecular flexibility index (Phi) is 6.39. The number of carbonyl (C=O) groups excluding carboxylic acids is 2. The van der Waals surface area contributed by atoms with Crippen LogP contribution in [0.5, 0.6) is 0 Å². The number of benzene rings is 1. The van der Waals surface area contributed by atoms with Gasteiger partial charge in [-0.15, -0.1) is 0 Å². The molecule has 1 aromatic carbocycles. The predicted octanol–water partition coefficient (Wildman–Crippen LogP) is 1.94. The van der Waals surface area contributed by atoms with Gasteiger partial charge in [-0.1, -0.05) is 23.2 Å². The van der Waals surface area contributed by atoms with Gasteiger partial charge < -0.3 is 16.2 Å². The molecule has 0 bridgehead atoms. The highest BCUT2D eigenvalue weighted by Crippen LogP contribution is 2.21. The molecule has 0 aliphatic rings. The number of ether oxygens (including phenoxy) is 1. The number of carbonyl (C=O) groups is 2. The molecule has 0 spiro atoms. The lowest BCUT2D eigenvalue weighted by Gasteiger charge is -2.09. The van der Waals surface area contributed by atoms with Crippen LogP contribution in [0.15, 0.2) is 34.5 Å². The fourth-order valence-electron chi connectivity index (χ4n) is 1.58. The number of nitrogens with two attached hydrogens (primary N) is 2. The van der Waals surface area contributed by atoms with Gasteiger partial charge in [0.25, 0.3) is 0 Å². The lowest BCUT2D eigenvalue weighted by atomic mass is 10.1. The normalized spacial score (nSPS) is 12.6. The molecular formula is C14H15Cl2N3O3. The summed E-state index contributed by atoms with van der Waals surface area (Å²) >= 11 is 11.7. The Morgan fingerprint density at radius 3 is 2.41 bits per heavy atom. The van der Waals surface area contributed by atoms with E-state index in [1.54, 1.807) is 0 Å². The summed E-state index contributed by atoms with van der Waals surface area (Å²) in [5, 5.41) is 0.573. The van der Waals surface area contributed by atoms with Crippen LogP contribution in [0.1, 0.15) is 17.3 Å². The maximum Gasteiger partial charge on any atom is 0.344 e. The largest absolute Gasteiger partial charge is 0.454 e. The molecule has 0 unspecified atom stereocenters. The Labute approximate surface area is 137 Å². The predicted molar refractivity (Wildman–Crippen MR) is 86.2 cm³/mol. The van der Waals surface area contributed by atoms with E-state index in [0.29, 0.717) is 5.02 Å². The summed E-state index contributed by atoms with van der Waals surface area (Å²) < 4.78 is 4.91. The van der Waals surface area contributed by atoms with Crippen molar-refractivity contribution in [2.45, 2.75) is 6.92 Å². The van der Waals surface area contributed by atoms with Gasteiger partial charge in [-0.25, -0.2) is 4.79 Å². The smallest absolute Gasteiger partial charge is 0.344 e. The number of nitrogens with zero attached hydrogens (tertiary/aromatic N) is 1. The van der Waals surface area contributed by atoms with Gasteiger partial charge in [0.15, 0.2) is 6.61 Å². The fourth-order valence-corrected chi connectivity index (χ4v) is 2.09. The standard InChI is InChI=1S/C14H15Cl2N3O3/c1-7(17)12(13(18)19-2)14(21)22-6-11(20)9-4-3-8(15)5-10(9)16/h3-5H,6,17H2,1-2H3,(H2,18,19)/b12-7+. The van der Waals surface area contributed by atoms with Crippen molar-refractivity contribution in [3.63, 3.8) is 0 Å². The van der Waals surface area contributed by atoms with E-state index in [1.807, 2.05) is 0 Å². The van der Waals surface area contributed by atoms with E-state index >= 15 is 0 Å². The van der Waals surface area contributed by atoms with E-state index in [2.05, 4.69) is 4.99 Å². The van der Waals surface area contributed by atoms with Crippen molar-refractivity contribution < 1.29 is 14.3 Å². The topological polar surface area (TPSA) is 108 Å². The number of halogens is 2. The Morgan fingerprint density at radius 1 is 1.27 bits per heavy atom. The molecule has 0 aliphatic heterocycles. The second-order valence-electron chi connectivity index (χ2n) is 4.29. The Bertz CT molecular complexity index is 665. The molecule has 8 heteroatoms. The molecule has 6 nitrogen and oxygen atoms in total. The van der Waals surface area contributed by atoms with Gasteiger partial charge in [0.1, 0.15) is 11.4 Å². The molecule has 0 saturated heterocycles. The van der Waals surface area contributed by atoms with Gasteiger partial charge in [0, 0.05) is 23.3 Å². The van der Waals surface area contributed by atoms with Crippen molar-refractivity contribution in [1.82, 2.24) is 0 Å². The summed E-state index contributed by atoms with van der Waals surface area (Å²) in [6, 6.07) is 4.39. The van der Waals surface area contributed by atoms with Gasteiger partial charge in [-0.05, 0) is 25.1 Å². The SMILES string of the molecule is CN=C(N)/C(C(=O)OCC(=O)c1ccc(Cl)cc1Cl)=C(/C)N. The first-order chi connectivity index (χ1) is 10.3. The van der Waals surface area contributed by atoms with Crippen molar-refractivity contribution in [3.05, 3.63) is 45.1 Å². The second-order valence-corrected chi connectivity index (χ2v) is 5.13. The average molecular weight is 344 g/mol. The lowest BCUT2D eigenvalue weighted by molar-refractivity contribution is -0.137. The molecule has 0 fully saturated rings. The second kappa shape index (κ2) is 7.82. The monoisotopic (exact) mass is 343 g/mol. The van der Waals surface area contributed by atoms with Gasteiger partial charge in [-0.3, -0.25) is 9.79 Å². The molecule has 0 aromatic heterocycles. The van der Waals surface area contributed by atoms with Crippen LogP contribution < -0.4 is 11.5 Å².